The molecule has 2 atom stereocenters. The molecule has 1 N–H and O–H groups in total. The number of nitrogens with zero attached hydrogens (tertiary/aromatic N) is 3. The van der Waals surface area contributed by atoms with E-state index in [-0.39, 0.29) is 42.1 Å². The number of rotatable bonds is 4. The summed E-state index contributed by atoms with van der Waals surface area (Å²) < 4.78 is 0. The SMILES string of the molecule is CN1CCCCC1NC(=O)C1=NN(c2ccc(Cl)cc2Cl)C(c2ccc(Cl)cc2)C1(C)C.I. The van der Waals surface area contributed by atoms with Gasteiger partial charge in [0.1, 0.15) is 5.71 Å². The predicted octanol–water partition coefficient (Wildman–Crippen LogP) is 6.77. The standard InChI is InChI=1S/C24H27Cl3N4O.HI/c1-24(2)21(23(32)28-20-6-4-5-13-30(20)3)29-31(19-12-11-17(26)14-18(19)27)22(24)15-7-9-16(25)10-8-15;/h7-12,14,20,22H,4-6,13H2,1-3H3,(H,28,32);1H. The van der Waals surface area contributed by atoms with Gasteiger partial charge in [-0.15, -0.1) is 24.0 Å². The molecule has 9 heteroatoms. The lowest BCUT2D eigenvalue weighted by Gasteiger charge is -2.35. The first-order chi connectivity index (χ1) is 15.2. The number of benzene rings is 2. The summed E-state index contributed by atoms with van der Waals surface area (Å²) in [4.78, 5) is 15.6. The minimum Gasteiger partial charge on any atom is -0.335 e. The van der Waals surface area contributed by atoms with E-state index in [1.807, 2.05) is 56.2 Å². The molecule has 4 rings (SSSR count). The van der Waals surface area contributed by atoms with Crippen LogP contribution in [-0.2, 0) is 4.79 Å². The van der Waals surface area contributed by atoms with Gasteiger partial charge in [-0.3, -0.25) is 14.7 Å². The first kappa shape index (κ1) is 26.5. The van der Waals surface area contributed by atoms with Crippen LogP contribution in [-0.4, -0.2) is 36.3 Å². The number of likely N-dealkylation sites (tertiary alicyclic amines) is 1. The quantitative estimate of drug-likeness (QED) is 0.384. The van der Waals surface area contributed by atoms with Crippen molar-refractivity contribution in [3.05, 3.63) is 63.1 Å². The Bertz CT molecular complexity index is 1040. The molecule has 1 fully saturated rings. The van der Waals surface area contributed by atoms with E-state index >= 15 is 0 Å². The van der Waals surface area contributed by atoms with E-state index < -0.39 is 5.41 Å². The molecule has 178 valence electrons. The first-order valence-corrected chi connectivity index (χ1v) is 11.9. The molecule has 2 aliphatic heterocycles. The van der Waals surface area contributed by atoms with Crippen molar-refractivity contribution in [3.8, 4) is 0 Å². The zero-order valence-electron chi connectivity index (χ0n) is 18.8. The largest absolute Gasteiger partial charge is 0.335 e. The summed E-state index contributed by atoms with van der Waals surface area (Å²) in [5.74, 6) is -0.153. The molecule has 5 nitrogen and oxygen atoms in total. The predicted molar refractivity (Wildman–Crippen MR) is 148 cm³/mol. The van der Waals surface area contributed by atoms with Crippen molar-refractivity contribution < 1.29 is 4.79 Å². The second-order valence-electron chi connectivity index (χ2n) is 9.03. The van der Waals surface area contributed by atoms with Gasteiger partial charge in [-0.1, -0.05) is 60.8 Å². The summed E-state index contributed by atoms with van der Waals surface area (Å²) >= 11 is 18.8. The second kappa shape index (κ2) is 10.7. The number of halogens is 4. The van der Waals surface area contributed by atoms with Gasteiger partial charge in [0.2, 0.25) is 0 Å². The highest BCUT2D eigenvalue weighted by molar-refractivity contribution is 14.0. The summed E-state index contributed by atoms with van der Waals surface area (Å²) in [5, 5.41) is 11.5. The number of anilines is 1. The lowest BCUT2D eigenvalue weighted by molar-refractivity contribution is -0.117. The summed E-state index contributed by atoms with van der Waals surface area (Å²) in [6, 6.07) is 12.7. The van der Waals surface area contributed by atoms with Crippen LogP contribution in [0.15, 0.2) is 47.6 Å². The van der Waals surface area contributed by atoms with Gasteiger partial charge in [0.05, 0.1) is 22.9 Å². The topological polar surface area (TPSA) is 47.9 Å². The zero-order valence-corrected chi connectivity index (χ0v) is 23.4. The van der Waals surface area contributed by atoms with Gasteiger partial charge in [-0.2, -0.15) is 5.10 Å². The average molecular weight is 622 g/mol. The first-order valence-electron chi connectivity index (χ1n) is 10.8. The fourth-order valence-corrected chi connectivity index (χ4v) is 5.23. The van der Waals surface area contributed by atoms with Crippen molar-refractivity contribution in [1.29, 1.82) is 0 Å². The van der Waals surface area contributed by atoms with E-state index in [0.29, 0.717) is 26.5 Å². The fraction of sp³-hybridized carbons (Fsp3) is 0.417. The fourth-order valence-electron chi connectivity index (χ4n) is 4.61. The molecule has 0 aromatic heterocycles. The highest BCUT2D eigenvalue weighted by atomic mass is 127. The van der Waals surface area contributed by atoms with Crippen LogP contribution in [0, 0.1) is 5.41 Å². The molecule has 0 radical (unpaired) electrons. The van der Waals surface area contributed by atoms with Crippen molar-refractivity contribution in [2.24, 2.45) is 10.5 Å². The lowest BCUT2D eigenvalue weighted by Crippen LogP contribution is -2.52. The summed E-state index contributed by atoms with van der Waals surface area (Å²) in [6.07, 6.45) is 3.20. The summed E-state index contributed by atoms with van der Waals surface area (Å²) in [7, 11) is 2.04. The zero-order chi connectivity index (χ0) is 23.0. The van der Waals surface area contributed by atoms with Gasteiger partial charge in [-0.25, -0.2) is 0 Å². The van der Waals surface area contributed by atoms with Crippen molar-refractivity contribution in [1.82, 2.24) is 10.2 Å². The Morgan fingerprint density at radius 1 is 1.06 bits per heavy atom. The van der Waals surface area contributed by atoms with Crippen LogP contribution in [0.4, 0.5) is 5.69 Å². The molecule has 1 saturated heterocycles. The van der Waals surface area contributed by atoms with Gasteiger partial charge in [0.25, 0.3) is 5.91 Å². The number of carbonyl (C=O) groups excluding carboxylic acids is 1. The molecule has 2 aromatic rings. The molecule has 0 saturated carbocycles. The number of nitrogens with one attached hydrogen (secondary N) is 1. The highest BCUT2D eigenvalue weighted by Crippen LogP contribution is 2.48. The molecule has 0 spiro atoms. The Morgan fingerprint density at radius 3 is 2.36 bits per heavy atom. The van der Waals surface area contributed by atoms with Gasteiger partial charge < -0.3 is 5.32 Å². The van der Waals surface area contributed by atoms with Crippen molar-refractivity contribution in [3.63, 3.8) is 0 Å². The van der Waals surface area contributed by atoms with E-state index in [2.05, 4.69) is 10.2 Å². The Labute approximate surface area is 227 Å². The van der Waals surface area contributed by atoms with Crippen molar-refractivity contribution in [2.45, 2.75) is 45.3 Å². The molecule has 33 heavy (non-hydrogen) atoms. The molecule has 2 heterocycles. The summed E-state index contributed by atoms with van der Waals surface area (Å²) in [5.41, 5.74) is 1.57. The molecule has 0 bridgehead atoms. The molecular weight excluding hydrogens is 594 g/mol. The van der Waals surface area contributed by atoms with E-state index in [1.54, 1.807) is 12.1 Å². The van der Waals surface area contributed by atoms with Crippen LogP contribution in [0.2, 0.25) is 15.1 Å². The van der Waals surface area contributed by atoms with Gasteiger partial charge >= 0.3 is 0 Å². The maximum Gasteiger partial charge on any atom is 0.269 e. The number of hydrogen-bond donors (Lipinski definition) is 1. The molecule has 2 aliphatic rings. The minimum atomic E-state index is -0.589. The van der Waals surface area contributed by atoms with Gasteiger partial charge in [-0.05, 0) is 68.8 Å². The number of carbonyl (C=O) groups is 1. The third-order valence-electron chi connectivity index (χ3n) is 6.37. The van der Waals surface area contributed by atoms with E-state index in [0.717, 1.165) is 31.4 Å². The molecule has 2 unspecified atom stereocenters. The molecule has 2 aromatic carbocycles. The van der Waals surface area contributed by atoms with Crippen LogP contribution >= 0.6 is 58.8 Å². The second-order valence-corrected chi connectivity index (χ2v) is 10.3. The van der Waals surface area contributed by atoms with E-state index in [1.165, 1.54) is 0 Å². The Hall–Kier alpha value is -1.06. The van der Waals surface area contributed by atoms with Crippen LogP contribution < -0.4 is 10.3 Å². The van der Waals surface area contributed by atoms with Crippen molar-refractivity contribution >= 4 is 76.1 Å². The summed E-state index contributed by atoms with van der Waals surface area (Å²) in [6.45, 7) is 5.05. The Morgan fingerprint density at radius 2 is 1.73 bits per heavy atom. The normalized spacial score (nSPS) is 22.5. The average Bonchev–Trinajstić information content (AvgIpc) is 3.01. The van der Waals surface area contributed by atoms with Crippen LogP contribution in [0.25, 0.3) is 0 Å². The van der Waals surface area contributed by atoms with Gasteiger partial charge in [0, 0.05) is 15.5 Å². The maximum atomic E-state index is 13.5. The van der Waals surface area contributed by atoms with Crippen LogP contribution in [0.3, 0.4) is 0 Å². The number of piperidine rings is 1. The smallest absolute Gasteiger partial charge is 0.269 e. The Balaban J connectivity index is 0.00000306. The third kappa shape index (κ3) is 5.45. The number of hydrogen-bond acceptors (Lipinski definition) is 4. The molecule has 1 amide bonds. The van der Waals surface area contributed by atoms with Crippen molar-refractivity contribution in [2.75, 3.05) is 18.6 Å². The Kier molecular flexibility index (Phi) is 8.60. The highest BCUT2D eigenvalue weighted by Gasteiger charge is 2.49. The van der Waals surface area contributed by atoms with Crippen LogP contribution in [0.5, 0.6) is 0 Å². The van der Waals surface area contributed by atoms with E-state index in [4.69, 9.17) is 39.9 Å². The lowest BCUT2D eigenvalue weighted by atomic mass is 9.77. The minimum absolute atomic E-state index is 0. The number of hydrazone groups is 1. The monoisotopic (exact) mass is 620 g/mol. The van der Waals surface area contributed by atoms with E-state index in [9.17, 15) is 4.79 Å². The number of amides is 1. The van der Waals surface area contributed by atoms with Crippen LogP contribution in [0.1, 0.15) is 44.7 Å². The molecule has 0 aliphatic carbocycles. The van der Waals surface area contributed by atoms with Gasteiger partial charge in [0.15, 0.2) is 0 Å². The molecular formula is C24H28Cl3IN4O. The third-order valence-corrected chi connectivity index (χ3v) is 7.16. The maximum absolute atomic E-state index is 13.5.